The number of fused-ring (bicyclic) bond motifs is 6. The van der Waals surface area contributed by atoms with Crippen LogP contribution in [0.4, 0.5) is 0 Å². The molecule has 0 fully saturated rings. The molecular formula is C49H33N3Si. The number of hydrogen-bond donors (Lipinski definition) is 0. The molecule has 248 valence electrons. The minimum absolute atomic E-state index is 0.656. The van der Waals surface area contributed by atoms with E-state index in [1.54, 1.807) is 0 Å². The highest BCUT2D eigenvalue weighted by atomic mass is 28.3. The summed E-state index contributed by atoms with van der Waals surface area (Å²) in [5.74, 6) is 0. The van der Waals surface area contributed by atoms with Crippen molar-refractivity contribution in [2.24, 2.45) is 0 Å². The Morgan fingerprint density at radius 1 is 0.358 bits per heavy atom. The van der Waals surface area contributed by atoms with Crippen molar-refractivity contribution < 1.29 is 0 Å². The van der Waals surface area contributed by atoms with Crippen molar-refractivity contribution in [1.82, 2.24) is 9.13 Å². The van der Waals surface area contributed by atoms with E-state index in [4.69, 9.17) is 0 Å². The lowest BCUT2D eigenvalue weighted by atomic mass is 10.1. The van der Waals surface area contributed by atoms with Gasteiger partial charge in [0.15, 0.2) is 8.07 Å². The average Bonchev–Trinajstić information content (AvgIpc) is 3.76. The fourth-order valence-electron chi connectivity index (χ4n) is 8.68. The first-order valence-corrected chi connectivity index (χ1v) is 20.0. The van der Waals surface area contributed by atoms with Crippen molar-refractivity contribution in [3.8, 4) is 17.4 Å². The highest BCUT2D eigenvalue weighted by Gasteiger charge is 2.43. The molecule has 0 saturated heterocycles. The Morgan fingerprint density at radius 2 is 0.792 bits per heavy atom. The first-order valence-electron chi connectivity index (χ1n) is 18.0. The zero-order valence-electron chi connectivity index (χ0n) is 28.9. The van der Waals surface area contributed by atoms with E-state index in [1.807, 2.05) is 12.1 Å². The van der Waals surface area contributed by atoms with Gasteiger partial charge in [0.1, 0.15) is 0 Å². The lowest BCUT2D eigenvalue weighted by molar-refractivity contribution is 1.18. The number of benzene rings is 8. The van der Waals surface area contributed by atoms with Crippen LogP contribution < -0.4 is 20.7 Å². The van der Waals surface area contributed by atoms with Crippen LogP contribution in [0.1, 0.15) is 5.56 Å². The molecule has 0 saturated carbocycles. The minimum atomic E-state index is -3.08. The third-order valence-electron chi connectivity index (χ3n) is 10.9. The zero-order valence-corrected chi connectivity index (χ0v) is 29.9. The largest absolute Gasteiger partial charge is 0.309 e. The predicted octanol–water partition coefficient (Wildman–Crippen LogP) is 9.13. The first-order chi connectivity index (χ1) is 26.3. The van der Waals surface area contributed by atoms with Crippen molar-refractivity contribution in [3.05, 3.63) is 206 Å². The molecule has 8 aromatic carbocycles. The highest BCUT2D eigenvalue weighted by molar-refractivity contribution is 7.20. The molecule has 0 aliphatic carbocycles. The van der Waals surface area contributed by atoms with Crippen LogP contribution in [-0.4, -0.2) is 17.2 Å². The Kier molecular flexibility index (Phi) is 7.21. The van der Waals surface area contributed by atoms with Crippen LogP contribution in [0.3, 0.4) is 0 Å². The number of para-hydroxylation sites is 5. The van der Waals surface area contributed by atoms with Gasteiger partial charge in [-0.25, -0.2) is 0 Å². The van der Waals surface area contributed by atoms with Crippen molar-refractivity contribution in [2.75, 3.05) is 0 Å². The molecule has 0 aliphatic heterocycles. The molecule has 0 radical (unpaired) electrons. The maximum Gasteiger partial charge on any atom is 0.181 e. The second-order valence-electron chi connectivity index (χ2n) is 13.6. The molecule has 10 aromatic rings. The summed E-state index contributed by atoms with van der Waals surface area (Å²) in [5, 5.41) is 19.9. The number of nitrogens with zero attached hydrogens (tertiary/aromatic N) is 3. The smallest absolute Gasteiger partial charge is 0.181 e. The predicted molar refractivity (Wildman–Crippen MR) is 223 cm³/mol. The summed E-state index contributed by atoms with van der Waals surface area (Å²) in [6, 6.07) is 74.8. The van der Waals surface area contributed by atoms with E-state index < -0.39 is 8.07 Å². The molecule has 2 aromatic heterocycles. The Balaban J connectivity index is 1.33. The monoisotopic (exact) mass is 691 g/mol. The SMILES string of the molecule is N#Cc1ccc([Si@](c2ccccc2)(c2ccc(-n3c4ccccc4c4ccccc43)cc2)c2cccc3c4ccccc4n(-c4ccccc4)c23)cc1. The number of rotatable bonds is 6. The molecule has 10 rings (SSSR count). The van der Waals surface area contributed by atoms with E-state index in [1.165, 1.54) is 64.4 Å². The highest BCUT2D eigenvalue weighted by Crippen LogP contribution is 2.34. The van der Waals surface area contributed by atoms with Gasteiger partial charge in [-0.15, -0.1) is 0 Å². The Labute approximate surface area is 308 Å². The summed E-state index contributed by atoms with van der Waals surface area (Å²) in [7, 11) is -3.08. The topological polar surface area (TPSA) is 33.6 Å². The third kappa shape index (κ3) is 4.65. The Bertz CT molecular complexity index is 2940. The molecule has 0 bridgehead atoms. The van der Waals surface area contributed by atoms with Crippen LogP contribution in [0.2, 0.25) is 0 Å². The van der Waals surface area contributed by atoms with Crippen LogP contribution in [0.15, 0.2) is 200 Å². The van der Waals surface area contributed by atoms with Crippen LogP contribution in [-0.2, 0) is 0 Å². The van der Waals surface area contributed by atoms with Crippen molar-refractivity contribution in [3.63, 3.8) is 0 Å². The van der Waals surface area contributed by atoms with Gasteiger partial charge in [-0.05, 0) is 75.3 Å². The molecule has 3 nitrogen and oxygen atoms in total. The van der Waals surface area contributed by atoms with Crippen LogP contribution >= 0.6 is 0 Å². The summed E-state index contributed by atoms with van der Waals surface area (Å²) in [6.07, 6.45) is 0. The quantitative estimate of drug-likeness (QED) is 0.127. The van der Waals surface area contributed by atoms with E-state index in [-0.39, 0.29) is 0 Å². The zero-order chi connectivity index (χ0) is 35.4. The van der Waals surface area contributed by atoms with Crippen LogP contribution in [0.5, 0.6) is 0 Å². The van der Waals surface area contributed by atoms with Gasteiger partial charge in [0.25, 0.3) is 0 Å². The summed E-state index contributed by atoms with van der Waals surface area (Å²) in [6.45, 7) is 0. The van der Waals surface area contributed by atoms with Gasteiger partial charge in [0, 0.05) is 32.9 Å². The molecule has 2 heterocycles. The summed E-state index contributed by atoms with van der Waals surface area (Å²) in [4.78, 5) is 0. The van der Waals surface area contributed by atoms with Crippen molar-refractivity contribution >= 4 is 72.4 Å². The minimum Gasteiger partial charge on any atom is -0.309 e. The first kappa shape index (κ1) is 30.9. The van der Waals surface area contributed by atoms with E-state index in [0.29, 0.717) is 5.56 Å². The van der Waals surface area contributed by atoms with E-state index >= 15 is 0 Å². The summed E-state index contributed by atoms with van der Waals surface area (Å²) < 4.78 is 4.84. The summed E-state index contributed by atoms with van der Waals surface area (Å²) in [5.41, 5.74) is 7.68. The third-order valence-corrected chi connectivity index (χ3v) is 15.7. The lowest BCUT2D eigenvalue weighted by Crippen LogP contribution is -2.75. The fraction of sp³-hybridized carbons (Fsp3) is 0. The average molecular weight is 692 g/mol. The van der Waals surface area contributed by atoms with Gasteiger partial charge in [0.05, 0.1) is 33.7 Å². The normalized spacial score (nSPS) is 12.7. The molecular weight excluding hydrogens is 659 g/mol. The van der Waals surface area contributed by atoms with Crippen LogP contribution in [0.25, 0.3) is 55.0 Å². The number of nitriles is 1. The molecule has 1 atom stereocenters. The maximum absolute atomic E-state index is 9.89. The van der Waals surface area contributed by atoms with Gasteiger partial charge in [-0.1, -0.05) is 146 Å². The summed E-state index contributed by atoms with van der Waals surface area (Å²) >= 11 is 0. The number of hydrogen-bond acceptors (Lipinski definition) is 1. The molecule has 0 aliphatic rings. The van der Waals surface area contributed by atoms with E-state index in [0.717, 1.165) is 11.4 Å². The fourth-order valence-corrected chi connectivity index (χ4v) is 13.6. The van der Waals surface area contributed by atoms with E-state index in [2.05, 4.69) is 203 Å². The van der Waals surface area contributed by atoms with Crippen molar-refractivity contribution in [1.29, 1.82) is 5.26 Å². The van der Waals surface area contributed by atoms with Gasteiger partial charge in [-0.3, -0.25) is 0 Å². The van der Waals surface area contributed by atoms with Crippen LogP contribution in [0, 0.1) is 11.3 Å². The standard InChI is InChI=1S/C49H33N3Si/c50-34-35-26-30-39(31-27-35)53(38-16-5-2-6-17-38,40-32-28-37(29-33-40)51-45-22-10-7-18-41(45)42-19-8-11-23-46(42)51)48-25-13-21-44-43-20-9-12-24-47(43)52(49(44)48)36-14-3-1-4-15-36/h1-33H/t53-/m1/s1. The van der Waals surface area contributed by atoms with Gasteiger partial charge < -0.3 is 9.13 Å². The molecule has 0 amide bonds. The van der Waals surface area contributed by atoms with E-state index in [9.17, 15) is 5.26 Å². The lowest BCUT2D eigenvalue weighted by Gasteiger charge is -2.35. The van der Waals surface area contributed by atoms with Gasteiger partial charge >= 0.3 is 0 Å². The molecule has 0 N–H and O–H groups in total. The molecule has 0 unspecified atom stereocenters. The second-order valence-corrected chi connectivity index (χ2v) is 17.4. The van der Waals surface area contributed by atoms with Crippen molar-refractivity contribution in [2.45, 2.75) is 0 Å². The Hall–Kier alpha value is -6.93. The maximum atomic E-state index is 9.89. The second kappa shape index (κ2) is 12.4. The number of aromatic nitrogens is 2. The molecule has 53 heavy (non-hydrogen) atoms. The van der Waals surface area contributed by atoms with Gasteiger partial charge in [0.2, 0.25) is 0 Å². The molecule has 4 heteroatoms. The Morgan fingerprint density at radius 3 is 1.38 bits per heavy atom. The molecule has 0 spiro atoms. The van der Waals surface area contributed by atoms with Gasteiger partial charge in [-0.2, -0.15) is 5.26 Å².